The predicted octanol–water partition coefficient (Wildman–Crippen LogP) is 0.555. The van der Waals surface area contributed by atoms with Gasteiger partial charge in [-0.15, -0.1) is 0 Å². The maximum atomic E-state index is 12.3. The number of amides is 1. The number of carboxylic acid groups (broad SMARTS) is 1. The van der Waals surface area contributed by atoms with Gasteiger partial charge >= 0.3 is 0 Å². The number of morpholine rings is 1. The van der Waals surface area contributed by atoms with Crippen molar-refractivity contribution in [1.29, 1.82) is 0 Å². The van der Waals surface area contributed by atoms with Crippen molar-refractivity contribution >= 4 is 12.4 Å². The molecule has 7 heteroatoms. The molecule has 0 bridgehead atoms. The molecule has 1 amide bonds. The molecule has 0 radical (unpaired) electrons. The van der Waals surface area contributed by atoms with Gasteiger partial charge in [-0.25, -0.2) is 0 Å². The Morgan fingerprint density at radius 2 is 2.09 bits per heavy atom. The van der Waals surface area contributed by atoms with E-state index in [1.165, 1.54) is 0 Å². The average Bonchev–Trinajstić information content (AvgIpc) is 2.54. The summed E-state index contributed by atoms with van der Waals surface area (Å²) in [5, 5.41) is 6.89. The molecule has 1 N–H and O–H groups in total. The molecular formula is C16H24N2O5. The lowest BCUT2D eigenvalue weighted by molar-refractivity contribution is -0.142. The standard InChI is InChI=1S/C15H22N2O3.CH2O2/c1-16(2)10-13-11-19-9-8-17(13)15(18)12-20-14-6-4-3-5-7-14;2-1-3/h3-7,13H,8-12H2,1-2H3;1H,(H,2,3). The summed E-state index contributed by atoms with van der Waals surface area (Å²) in [5.41, 5.74) is 0. The van der Waals surface area contributed by atoms with Gasteiger partial charge in [0.2, 0.25) is 0 Å². The van der Waals surface area contributed by atoms with E-state index in [9.17, 15) is 4.79 Å². The van der Waals surface area contributed by atoms with Crippen molar-refractivity contribution in [2.75, 3.05) is 47.0 Å². The topological polar surface area (TPSA) is 79.3 Å². The minimum atomic E-state index is -0.250. The number of para-hydroxylation sites is 1. The van der Waals surface area contributed by atoms with E-state index in [1.54, 1.807) is 0 Å². The summed E-state index contributed by atoms with van der Waals surface area (Å²) < 4.78 is 11.0. The second-order valence-electron chi connectivity index (χ2n) is 5.29. The second-order valence-corrected chi connectivity index (χ2v) is 5.29. The maximum Gasteiger partial charge on any atom is 0.290 e. The lowest BCUT2D eigenvalue weighted by atomic mass is 10.2. The number of hydrogen-bond donors (Lipinski definition) is 1. The Morgan fingerprint density at radius 3 is 2.70 bits per heavy atom. The highest BCUT2D eigenvalue weighted by atomic mass is 16.5. The van der Waals surface area contributed by atoms with Gasteiger partial charge in [0.05, 0.1) is 19.3 Å². The fourth-order valence-electron chi connectivity index (χ4n) is 2.30. The Morgan fingerprint density at radius 1 is 1.43 bits per heavy atom. The van der Waals surface area contributed by atoms with Crippen LogP contribution in [0.25, 0.3) is 0 Å². The minimum absolute atomic E-state index is 0.0176. The Bertz CT molecular complexity index is 467. The average molecular weight is 324 g/mol. The fraction of sp³-hybridized carbons (Fsp3) is 0.500. The van der Waals surface area contributed by atoms with Crippen molar-refractivity contribution < 1.29 is 24.2 Å². The van der Waals surface area contributed by atoms with Crippen LogP contribution >= 0.6 is 0 Å². The zero-order chi connectivity index (χ0) is 17.1. The van der Waals surface area contributed by atoms with Crippen LogP contribution in [0.15, 0.2) is 30.3 Å². The van der Waals surface area contributed by atoms with Crippen LogP contribution in [0.2, 0.25) is 0 Å². The molecule has 0 aromatic heterocycles. The molecule has 1 fully saturated rings. The van der Waals surface area contributed by atoms with Crippen LogP contribution in [0.5, 0.6) is 5.75 Å². The fourth-order valence-corrected chi connectivity index (χ4v) is 2.30. The van der Waals surface area contributed by atoms with Crippen LogP contribution in [-0.2, 0) is 14.3 Å². The van der Waals surface area contributed by atoms with Crippen LogP contribution < -0.4 is 4.74 Å². The quantitative estimate of drug-likeness (QED) is 0.797. The Labute approximate surface area is 136 Å². The van der Waals surface area contributed by atoms with Crippen LogP contribution in [0.4, 0.5) is 0 Å². The first kappa shape index (κ1) is 18.9. The van der Waals surface area contributed by atoms with E-state index in [2.05, 4.69) is 4.90 Å². The Hall–Kier alpha value is -2.12. The van der Waals surface area contributed by atoms with Gasteiger partial charge in [-0.1, -0.05) is 18.2 Å². The van der Waals surface area contributed by atoms with Crippen molar-refractivity contribution in [3.63, 3.8) is 0 Å². The molecular weight excluding hydrogens is 300 g/mol. The van der Waals surface area contributed by atoms with Crippen molar-refractivity contribution in [2.24, 2.45) is 0 Å². The van der Waals surface area contributed by atoms with Gasteiger partial charge in [-0.05, 0) is 26.2 Å². The largest absolute Gasteiger partial charge is 0.484 e. The van der Waals surface area contributed by atoms with Gasteiger partial charge < -0.3 is 24.4 Å². The number of carbonyl (C=O) groups excluding carboxylic acids is 1. The van der Waals surface area contributed by atoms with Crippen molar-refractivity contribution in [2.45, 2.75) is 6.04 Å². The minimum Gasteiger partial charge on any atom is -0.484 e. The van der Waals surface area contributed by atoms with E-state index in [-0.39, 0.29) is 25.0 Å². The van der Waals surface area contributed by atoms with Crippen LogP contribution in [0.1, 0.15) is 0 Å². The molecule has 128 valence electrons. The highest BCUT2D eigenvalue weighted by Crippen LogP contribution is 2.11. The van der Waals surface area contributed by atoms with Gasteiger partial charge in [-0.3, -0.25) is 9.59 Å². The maximum absolute atomic E-state index is 12.3. The van der Waals surface area contributed by atoms with E-state index >= 15 is 0 Å². The molecule has 1 atom stereocenters. The molecule has 23 heavy (non-hydrogen) atoms. The number of hydrogen-bond acceptors (Lipinski definition) is 5. The van der Waals surface area contributed by atoms with Crippen LogP contribution in [0, 0.1) is 0 Å². The van der Waals surface area contributed by atoms with E-state index in [4.69, 9.17) is 19.4 Å². The van der Waals surface area contributed by atoms with E-state index in [0.717, 1.165) is 12.3 Å². The summed E-state index contributed by atoms with van der Waals surface area (Å²) in [6.45, 7) is 2.46. The Balaban J connectivity index is 0.000000816. The molecule has 0 saturated carbocycles. The van der Waals surface area contributed by atoms with Crippen molar-refractivity contribution in [3.8, 4) is 5.75 Å². The van der Waals surface area contributed by atoms with E-state index in [0.29, 0.717) is 19.8 Å². The summed E-state index contributed by atoms with van der Waals surface area (Å²) in [6.07, 6.45) is 0. The van der Waals surface area contributed by atoms with Crippen molar-refractivity contribution in [3.05, 3.63) is 30.3 Å². The van der Waals surface area contributed by atoms with Crippen LogP contribution in [0.3, 0.4) is 0 Å². The van der Waals surface area contributed by atoms with Gasteiger partial charge in [0.1, 0.15) is 5.75 Å². The second kappa shape index (κ2) is 10.6. The molecule has 1 aliphatic heterocycles. The highest BCUT2D eigenvalue weighted by Gasteiger charge is 2.27. The van der Waals surface area contributed by atoms with Gasteiger partial charge in [0.15, 0.2) is 6.61 Å². The number of ether oxygens (including phenoxy) is 2. The zero-order valence-electron chi connectivity index (χ0n) is 13.6. The van der Waals surface area contributed by atoms with Crippen LogP contribution in [-0.4, -0.2) is 80.3 Å². The summed E-state index contributed by atoms with van der Waals surface area (Å²) in [7, 11) is 4.00. The number of likely N-dealkylation sites (N-methyl/N-ethyl adjacent to an activating group) is 1. The highest BCUT2D eigenvalue weighted by molar-refractivity contribution is 5.78. The first-order valence-electron chi connectivity index (χ1n) is 7.36. The third-order valence-electron chi connectivity index (χ3n) is 3.23. The molecule has 1 saturated heterocycles. The number of carbonyl (C=O) groups is 2. The van der Waals surface area contributed by atoms with E-state index < -0.39 is 0 Å². The number of rotatable bonds is 5. The summed E-state index contributed by atoms with van der Waals surface area (Å²) in [6, 6.07) is 9.51. The molecule has 0 spiro atoms. The monoisotopic (exact) mass is 324 g/mol. The van der Waals surface area contributed by atoms with Gasteiger partial charge in [0.25, 0.3) is 12.4 Å². The summed E-state index contributed by atoms with van der Waals surface area (Å²) in [5.74, 6) is 0.738. The lowest BCUT2D eigenvalue weighted by Crippen LogP contribution is -2.53. The number of nitrogens with zero attached hydrogens (tertiary/aromatic N) is 2. The zero-order valence-corrected chi connectivity index (χ0v) is 13.6. The third-order valence-corrected chi connectivity index (χ3v) is 3.23. The summed E-state index contributed by atoms with van der Waals surface area (Å²) >= 11 is 0. The molecule has 1 heterocycles. The Kier molecular flexibility index (Phi) is 8.71. The third kappa shape index (κ3) is 7.12. The molecule has 1 aromatic carbocycles. The smallest absolute Gasteiger partial charge is 0.290 e. The molecule has 7 nitrogen and oxygen atoms in total. The SMILES string of the molecule is CN(C)CC1COCCN1C(=O)COc1ccccc1.O=CO. The van der Waals surface area contributed by atoms with Gasteiger partial charge in [-0.2, -0.15) is 0 Å². The van der Waals surface area contributed by atoms with Crippen molar-refractivity contribution in [1.82, 2.24) is 9.80 Å². The molecule has 2 rings (SSSR count). The first-order valence-corrected chi connectivity index (χ1v) is 7.36. The molecule has 1 aromatic rings. The lowest BCUT2D eigenvalue weighted by Gasteiger charge is -2.36. The molecule has 1 unspecified atom stereocenters. The van der Waals surface area contributed by atoms with E-state index in [1.807, 2.05) is 49.3 Å². The van der Waals surface area contributed by atoms with Gasteiger partial charge in [0, 0.05) is 13.1 Å². The first-order chi connectivity index (χ1) is 11.1. The predicted molar refractivity (Wildman–Crippen MR) is 85.5 cm³/mol. The summed E-state index contributed by atoms with van der Waals surface area (Å²) in [4.78, 5) is 24.6. The number of benzene rings is 1. The molecule has 0 aliphatic carbocycles. The normalized spacial score (nSPS) is 17.2. The molecule has 1 aliphatic rings.